The van der Waals surface area contributed by atoms with Crippen molar-refractivity contribution in [3.63, 3.8) is 0 Å². The highest BCUT2D eigenvalue weighted by Gasteiger charge is 2.20. The number of amides is 1. The Morgan fingerprint density at radius 2 is 1.85 bits per heavy atom. The first-order valence-corrected chi connectivity index (χ1v) is 9.64. The molecule has 1 aromatic carbocycles. The minimum atomic E-state index is -0.466. The number of nitrogens with zero attached hydrogens (tertiary/aromatic N) is 2. The molecule has 1 aliphatic rings. The second-order valence-corrected chi connectivity index (χ2v) is 8.06. The molecular weight excluding hydrogens is 344 g/mol. The van der Waals surface area contributed by atoms with Crippen molar-refractivity contribution in [2.45, 2.75) is 32.5 Å². The molecule has 0 bridgehead atoms. The van der Waals surface area contributed by atoms with E-state index >= 15 is 0 Å². The van der Waals surface area contributed by atoms with E-state index in [4.69, 9.17) is 10.5 Å². The summed E-state index contributed by atoms with van der Waals surface area (Å²) in [6.45, 7) is 12.0. The van der Waals surface area contributed by atoms with Crippen molar-refractivity contribution in [3.05, 3.63) is 29.8 Å². The van der Waals surface area contributed by atoms with Crippen LogP contribution in [0, 0.1) is 0 Å². The van der Waals surface area contributed by atoms with Crippen LogP contribution < -0.4 is 11.1 Å². The van der Waals surface area contributed by atoms with Gasteiger partial charge in [0, 0.05) is 51.5 Å². The van der Waals surface area contributed by atoms with Gasteiger partial charge in [-0.1, -0.05) is 12.1 Å². The van der Waals surface area contributed by atoms with Crippen LogP contribution in [0.1, 0.15) is 31.1 Å². The van der Waals surface area contributed by atoms with Gasteiger partial charge in [0.15, 0.2) is 0 Å². The highest BCUT2D eigenvalue weighted by Crippen LogP contribution is 2.10. The molecule has 0 radical (unpaired) electrons. The average Bonchev–Trinajstić information content (AvgIpc) is 2.61. The Morgan fingerprint density at radius 1 is 1.22 bits per heavy atom. The van der Waals surface area contributed by atoms with Gasteiger partial charge >= 0.3 is 0 Å². The summed E-state index contributed by atoms with van der Waals surface area (Å²) >= 11 is 0. The number of hydrogen-bond acceptors (Lipinski definition) is 6. The van der Waals surface area contributed by atoms with Crippen LogP contribution in [0.4, 0.5) is 5.69 Å². The van der Waals surface area contributed by atoms with E-state index in [1.54, 1.807) is 12.1 Å². The molecule has 0 spiro atoms. The number of anilines is 1. The first-order valence-electron chi connectivity index (χ1n) is 9.64. The minimum Gasteiger partial charge on any atom is -0.398 e. The lowest BCUT2D eigenvalue weighted by molar-refractivity contribution is -0.0585. The third-order valence-corrected chi connectivity index (χ3v) is 4.56. The van der Waals surface area contributed by atoms with Gasteiger partial charge in [0.25, 0.3) is 5.91 Å². The Kier molecular flexibility index (Phi) is 8.04. The molecule has 0 unspecified atom stereocenters. The SMILES string of the molecule is CC(C)(C)OC[C@@H](O)CN1CCN(CCNC(=O)c2ccccc2N)CC1. The van der Waals surface area contributed by atoms with E-state index < -0.39 is 6.10 Å². The van der Waals surface area contributed by atoms with Crippen molar-refractivity contribution in [1.29, 1.82) is 0 Å². The molecule has 7 heteroatoms. The van der Waals surface area contributed by atoms with E-state index in [-0.39, 0.29) is 11.5 Å². The molecule has 2 rings (SSSR count). The predicted octanol–water partition coefficient (Wildman–Crippen LogP) is 0.792. The number of benzene rings is 1. The molecule has 1 heterocycles. The molecule has 7 nitrogen and oxygen atoms in total. The van der Waals surface area contributed by atoms with Crippen LogP contribution in [-0.2, 0) is 4.74 Å². The van der Waals surface area contributed by atoms with Crippen molar-refractivity contribution in [3.8, 4) is 0 Å². The van der Waals surface area contributed by atoms with Crippen molar-refractivity contribution in [2.75, 3.05) is 58.2 Å². The van der Waals surface area contributed by atoms with Crippen LogP contribution in [0.2, 0.25) is 0 Å². The molecule has 4 N–H and O–H groups in total. The molecular formula is C20H34N4O3. The van der Waals surface area contributed by atoms with Crippen LogP contribution in [0.3, 0.4) is 0 Å². The van der Waals surface area contributed by atoms with Gasteiger partial charge in [-0.25, -0.2) is 0 Å². The number of piperazine rings is 1. The Morgan fingerprint density at radius 3 is 2.48 bits per heavy atom. The number of carbonyl (C=O) groups is 1. The number of aliphatic hydroxyl groups is 1. The fourth-order valence-electron chi connectivity index (χ4n) is 3.02. The number of nitrogen functional groups attached to an aromatic ring is 1. The van der Waals surface area contributed by atoms with E-state index in [1.807, 2.05) is 32.9 Å². The summed E-state index contributed by atoms with van der Waals surface area (Å²) < 4.78 is 5.64. The van der Waals surface area contributed by atoms with Gasteiger partial charge in [0.2, 0.25) is 0 Å². The van der Waals surface area contributed by atoms with Crippen molar-refractivity contribution >= 4 is 11.6 Å². The smallest absolute Gasteiger partial charge is 0.253 e. The molecule has 0 saturated carbocycles. The molecule has 1 fully saturated rings. The summed E-state index contributed by atoms with van der Waals surface area (Å²) in [5.41, 5.74) is 6.62. The standard InChI is InChI=1S/C20H34N4O3/c1-20(2,3)27-15-16(25)14-24-12-10-23(11-13-24)9-8-22-19(26)17-6-4-5-7-18(17)21/h4-7,16,25H,8-15,21H2,1-3H3,(H,22,26)/t16-/m0/s1. The van der Waals surface area contributed by atoms with Crippen LogP contribution >= 0.6 is 0 Å². The van der Waals surface area contributed by atoms with E-state index in [0.717, 1.165) is 32.7 Å². The first kappa shape index (κ1) is 21.6. The van der Waals surface area contributed by atoms with E-state index in [0.29, 0.717) is 30.9 Å². The van der Waals surface area contributed by atoms with Crippen LogP contribution in [0.25, 0.3) is 0 Å². The molecule has 1 aliphatic heterocycles. The number of aliphatic hydroxyl groups excluding tert-OH is 1. The third-order valence-electron chi connectivity index (χ3n) is 4.56. The van der Waals surface area contributed by atoms with Gasteiger partial charge in [0.05, 0.1) is 23.9 Å². The summed E-state index contributed by atoms with van der Waals surface area (Å²) in [7, 11) is 0. The van der Waals surface area contributed by atoms with Crippen LogP contribution in [0.15, 0.2) is 24.3 Å². The van der Waals surface area contributed by atoms with Gasteiger partial charge in [0.1, 0.15) is 0 Å². The van der Waals surface area contributed by atoms with Gasteiger partial charge in [-0.3, -0.25) is 14.6 Å². The highest BCUT2D eigenvalue weighted by molar-refractivity contribution is 5.99. The number of rotatable bonds is 8. The maximum absolute atomic E-state index is 12.2. The molecule has 0 aromatic heterocycles. The summed E-state index contributed by atoms with van der Waals surface area (Å²) in [6, 6.07) is 7.09. The lowest BCUT2D eigenvalue weighted by Gasteiger charge is -2.35. The maximum atomic E-state index is 12.2. The van der Waals surface area contributed by atoms with Crippen molar-refractivity contribution in [2.24, 2.45) is 0 Å². The first-order chi connectivity index (χ1) is 12.7. The molecule has 27 heavy (non-hydrogen) atoms. The fourth-order valence-corrected chi connectivity index (χ4v) is 3.02. The van der Waals surface area contributed by atoms with E-state index in [9.17, 15) is 9.90 Å². The molecule has 1 atom stereocenters. The Bertz CT molecular complexity index is 595. The summed E-state index contributed by atoms with van der Waals surface area (Å²) in [6.07, 6.45) is -0.466. The zero-order valence-electron chi connectivity index (χ0n) is 16.8. The van der Waals surface area contributed by atoms with Gasteiger partial charge in [-0.05, 0) is 32.9 Å². The number of para-hydroxylation sites is 1. The number of hydrogen-bond donors (Lipinski definition) is 3. The second kappa shape index (κ2) is 10.0. The lowest BCUT2D eigenvalue weighted by Crippen LogP contribution is -2.50. The number of β-amino-alcohol motifs (C(OH)–C–C–N with tert-alkyl or cyclic N) is 1. The number of ether oxygens (including phenoxy) is 1. The van der Waals surface area contributed by atoms with Gasteiger partial charge in [-0.2, -0.15) is 0 Å². The summed E-state index contributed by atoms with van der Waals surface area (Å²) in [4.78, 5) is 16.7. The zero-order valence-corrected chi connectivity index (χ0v) is 16.8. The Labute approximate surface area is 162 Å². The number of nitrogens with two attached hydrogens (primary N) is 1. The normalized spacial score (nSPS) is 17.6. The average molecular weight is 379 g/mol. The second-order valence-electron chi connectivity index (χ2n) is 8.06. The number of nitrogens with one attached hydrogen (secondary N) is 1. The summed E-state index contributed by atoms with van der Waals surface area (Å²) in [5, 5.41) is 13.1. The topological polar surface area (TPSA) is 91.1 Å². The summed E-state index contributed by atoms with van der Waals surface area (Å²) in [5.74, 6) is -0.131. The Hall–Kier alpha value is -1.67. The molecule has 1 aromatic rings. The monoisotopic (exact) mass is 378 g/mol. The molecule has 1 amide bonds. The molecule has 1 saturated heterocycles. The number of carbonyl (C=O) groups excluding carboxylic acids is 1. The van der Waals surface area contributed by atoms with Crippen molar-refractivity contribution < 1.29 is 14.6 Å². The lowest BCUT2D eigenvalue weighted by atomic mass is 10.1. The van der Waals surface area contributed by atoms with Crippen LogP contribution in [-0.4, -0.2) is 84.9 Å². The van der Waals surface area contributed by atoms with E-state index in [2.05, 4.69) is 15.1 Å². The Balaban J connectivity index is 1.62. The van der Waals surface area contributed by atoms with Crippen molar-refractivity contribution in [1.82, 2.24) is 15.1 Å². The third kappa shape index (κ3) is 7.84. The predicted molar refractivity (Wildman–Crippen MR) is 108 cm³/mol. The quantitative estimate of drug-likeness (QED) is 0.580. The largest absolute Gasteiger partial charge is 0.398 e. The fraction of sp³-hybridized carbons (Fsp3) is 0.650. The molecule has 0 aliphatic carbocycles. The van der Waals surface area contributed by atoms with Crippen LogP contribution in [0.5, 0.6) is 0 Å². The zero-order chi connectivity index (χ0) is 19.9. The van der Waals surface area contributed by atoms with E-state index in [1.165, 1.54) is 0 Å². The maximum Gasteiger partial charge on any atom is 0.253 e. The highest BCUT2D eigenvalue weighted by atomic mass is 16.5. The van der Waals surface area contributed by atoms with Gasteiger partial charge < -0.3 is 20.9 Å². The van der Waals surface area contributed by atoms with Gasteiger partial charge in [-0.15, -0.1) is 0 Å². The molecule has 152 valence electrons. The minimum absolute atomic E-state index is 0.131.